The zero-order valence-corrected chi connectivity index (χ0v) is 10.3. The molecule has 1 aliphatic heterocycles. The number of rotatable bonds is 2. The Labute approximate surface area is 106 Å². The van der Waals surface area contributed by atoms with E-state index in [4.69, 9.17) is 5.73 Å². The van der Waals surface area contributed by atoms with Crippen molar-refractivity contribution in [1.29, 1.82) is 0 Å². The second kappa shape index (κ2) is 4.07. The van der Waals surface area contributed by atoms with E-state index in [2.05, 4.69) is 29.2 Å². The number of aliphatic carboxylic acids is 1. The first-order valence-corrected chi connectivity index (χ1v) is 6.44. The molecule has 1 saturated heterocycles. The minimum atomic E-state index is -1.06. The Kier molecular flexibility index (Phi) is 2.64. The van der Waals surface area contributed by atoms with E-state index in [1.165, 1.54) is 11.1 Å². The molecule has 0 radical (unpaired) electrons. The maximum absolute atomic E-state index is 11.2. The molecule has 1 aromatic carbocycles. The zero-order chi connectivity index (χ0) is 12.8. The van der Waals surface area contributed by atoms with E-state index in [-0.39, 0.29) is 0 Å². The van der Waals surface area contributed by atoms with Crippen LogP contribution in [0.1, 0.15) is 30.0 Å². The molecule has 4 heteroatoms. The van der Waals surface area contributed by atoms with Crippen LogP contribution in [0.25, 0.3) is 0 Å². The summed E-state index contributed by atoms with van der Waals surface area (Å²) >= 11 is 0. The fourth-order valence-electron chi connectivity index (χ4n) is 3.22. The third kappa shape index (κ3) is 1.72. The van der Waals surface area contributed by atoms with Crippen LogP contribution in [0.3, 0.4) is 0 Å². The molecule has 1 fully saturated rings. The van der Waals surface area contributed by atoms with Crippen molar-refractivity contribution >= 4 is 5.97 Å². The first-order valence-electron chi connectivity index (χ1n) is 6.44. The fraction of sp³-hybridized carbons (Fsp3) is 0.500. The molecular weight excluding hydrogens is 228 g/mol. The van der Waals surface area contributed by atoms with E-state index < -0.39 is 11.5 Å². The van der Waals surface area contributed by atoms with Gasteiger partial charge >= 0.3 is 5.97 Å². The molecule has 0 bridgehead atoms. The topological polar surface area (TPSA) is 66.6 Å². The van der Waals surface area contributed by atoms with Crippen molar-refractivity contribution < 1.29 is 9.90 Å². The Morgan fingerprint density at radius 3 is 2.94 bits per heavy atom. The van der Waals surface area contributed by atoms with Gasteiger partial charge in [-0.25, -0.2) is 0 Å². The Hall–Kier alpha value is -1.39. The lowest BCUT2D eigenvalue weighted by atomic mass is 10.0. The third-order valence-corrected chi connectivity index (χ3v) is 4.30. The van der Waals surface area contributed by atoms with E-state index in [1.54, 1.807) is 0 Å². The monoisotopic (exact) mass is 246 g/mol. The largest absolute Gasteiger partial charge is 0.480 e. The molecule has 1 heterocycles. The van der Waals surface area contributed by atoms with Gasteiger partial charge in [0.2, 0.25) is 0 Å². The fourth-order valence-corrected chi connectivity index (χ4v) is 3.22. The summed E-state index contributed by atoms with van der Waals surface area (Å²) in [6.07, 6.45) is 2.71. The number of hydrogen-bond acceptors (Lipinski definition) is 3. The van der Waals surface area contributed by atoms with Crippen molar-refractivity contribution in [2.75, 3.05) is 13.1 Å². The quantitative estimate of drug-likeness (QED) is 0.822. The van der Waals surface area contributed by atoms with E-state index in [1.807, 2.05) is 0 Å². The highest BCUT2D eigenvalue weighted by Gasteiger charge is 2.44. The SMILES string of the molecule is NC1(C(=O)O)CCN(C2CCc3ccccc32)C1. The van der Waals surface area contributed by atoms with Crippen LogP contribution in [-0.2, 0) is 11.2 Å². The molecule has 0 saturated carbocycles. The van der Waals surface area contributed by atoms with E-state index in [0.717, 1.165) is 19.4 Å². The van der Waals surface area contributed by atoms with E-state index >= 15 is 0 Å². The molecule has 2 unspecified atom stereocenters. The van der Waals surface area contributed by atoms with Crippen LogP contribution in [0.4, 0.5) is 0 Å². The van der Waals surface area contributed by atoms with Gasteiger partial charge in [0.1, 0.15) is 5.54 Å². The highest BCUT2D eigenvalue weighted by Crippen LogP contribution is 2.38. The number of fused-ring (bicyclic) bond motifs is 1. The second-order valence-corrected chi connectivity index (χ2v) is 5.44. The summed E-state index contributed by atoms with van der Waals surface area (Å²) < 4.78 is 0. The summed E-state index contributed by atoms with van der Waals surface area (Å²) in [4.78, 5) is 13.4. The van der Waals surface area contributed by atoms with Gasteiger partial charge < -0.3 is 10.8 Å². The Morgan fingerprint density at radius 1 is 1.44 bits per heavy atom. The summed E-state index contributed by atoms with van der Waals surface area (Å²) in [5.74, 6) is -0.878. The molecule has 1 aromatic rings. The third-order valence-electron chi connectivity index (χ3n) is 4.30. The Morgan fingerprint density at radius 2 is 2.22 bits per heavy atom. The average Bonchev–Trinajstić information content (AvgIpc) is 2.93. The van der Waals surface area contributed by atoms with Gasteiger partial charge in [-0.2, -0.15) is 0 Å². The number of carboxylic acid groups (broad SMARTS) is 1. The van der Waals surface area contributed by atoms with Gasteiger partial charge in [0, 0.05) is 19.1 Å². The minimum absolute atomic E-state index is 0.353. The molecular formula is C14H18N2O2. The van der Waals surface area contributed by atoms with Crippen LogP contribution < -0.4 is 5.73 Å². The molecule has 3 N–H and O–H groups in total. The molecule has 2 atom stereocenters. The summed E-state index contributed by atoms with van der Waals surface area (Å²) in [7, 11) is 0. The number of hydrogen-bond donors (Lipinski definition) is 2. The summed E-state index contributed by atoms with van der Waals surface area (Å²) in [5.41, 5.74) is 7.63. The smallest absolute Gasteiger partial charge is 0.325 e. The molecule has 96 valence electrons. The summed E-state index contributed by atoms with van der Waals surface area (Å²) in [5, 5.41) is 9.18. The molecule has 1 aliphatic carbocycles. The van der Waals surface area contributed by atoms with Gasteiger partial charge in [-0.05, 0) is 30.4 Å². The maximum atomic E-state index is 11.2. The lowest BCUT2D eigenvalue weighted by molar-refractivity contribution is -0.142. The second-order valence-electron chi connectivity index (χ2n) is 5.44. The predicted molar refractivity (Wildman–Crippen MR) is 68.2 cm³/mol. The normalized spacial score (nSPS) is 31.5. The van der Waals surface area contributed by atoms with Crippen LogP contribution in [0, 0.1) is 0 Å². The molecule has 3 rings (SSSR count). The van der Waals surface area contributed by atoms with Crippen molar-refractivity contribution in [2.45, 2.75) is 30.8 Å². The minimum Gasteiger partial charge on any atom is -0.480 e. The van der Waals surface area contributed by atoms with Gasteiger partial charge in [0.25, 0.3) is 0 Å². The molecule has 0 spiro atoms. The van der Waals surface area contributed by atoms with Gasteiger partial charge in [0.15, 0.2) is 0 Å². The number of carbonyl (C=O) groups is 1. The zero-order valence-electron chi connectivity index (χ0n) is 10.3. The number of nitrogens with zero attached hydrogens (tertiary/aromatic N) is 1. The highest BCUT2D eigenvalue weighted by atomic mass is 16.4. The first-order chi connectivity index (χ1) is 8.60. The predicted octanol–water partition coefficient (Wildman–Crippen LogP) is 1.16. The number of carboxylic acids is 1. The Balaban J connectivity index is 1.81. The lowest BCUT2D eigenvalue weighted by Crippen LogP contribution is -2.50. The van der Waals surface area contributed by atoms with Crippen molar-refractivity contribution in [3.8, 4) is 0 Å². The maximum Gasteiger partial charge on any atom is 0.325 e. The van der Waals surface area contributed by atoms with Crippen molar-refractivity contribution in [3.05, 3.63) is 35.4 Å². The van der Waals surface area contributed by atoms with Crippen LogP contribution in [-0.4, -0.2) is 34.6 Å². The van der Waals surface area contributed by atoms with Crippen LogP contribution >= 0.6 is 0 Å². The number of benzene rings is 1. The standard InChI is InChI=1S/C14H18N2O2/c15-14(13(17)18)7-8-16(9-14)12-6-5-10-3-1-2-4-11(10)12/h1-4,12H,5-9,15H2,(H,17,18). The molecule has 18 heavy (non-hydrogen) atoms. The summed E-state index contributed by atoms with van der Waals surface area (Å²) in [6.45, 7) is 1.24. The molecule has 0 amide bonds. The van der Waals surface area contributed by atoms with Crippen molar-refractivity contribution in [2.24, 2.45) is 5.73 Å². The number of likely N-dealkylation sites (tertiary alicyclic amines) is 1. The van der Waals surface area contributed by atoms with Crippen LogP contribution in [0.2, 0.25) is 0 Å². The number of nitrogens with two attached hydrogens (primary N) is 1. The first kappa shape index (κ1) is 11.7. The number of aryl methyl sites for hydroxylation is 1. The van der Waals surface area contributed by atoms with Gasteiger partial charge in [-0.1, -0.05) is 24.3 Å². The van der Waals surface area contributed by atoms with Gasteiger partial charge in [0.05, 0.1) is 0 Å². The average molecular weight is 246 g/mol. The van der Waals surface area contributed by atoms with Crippen molar-refractivity contribution in [1.82, 2.24) is 4.90 Å². The molecule has 0 aromatic heterocycles. The van der Waals surface area contributed by atoms with Crippen LogP contribution in [0.15, 0.2) is 24.3 Å². The Bertz CT molecular complexity index is 488. The molecule has 2 aliphatic rings. The van der Waals surface area contributed by atoms with Gasteiger partial charge in [-0.15, -0.1) is 0 Å². The van der Waals surface area contributed by atoms with Gasteiger partial charge in [-0.3, -0.25) is 9.69 Å². The lowest BCUT2D eigenvalue weighted by Gasteiger charge is -2.26. The highest BCUT2D eigenvalue weighted by molar-refractivity contribution is 5.79. The van der Waals surface area contributed by atoms with Crippen LogP contribution in [0.5, 0.6) is 0 Å². The van der Waals surface area contributed by atoms with E-state index in [0.29, 0.717) is 19.0 Å². The summed E-state index contributed by atoms with van der Waals surface area (Å²) in [6, 6.07) is 8.80. The molecule has 4 nitrogen and oxygen atoms in total. The van der Waals surface area contributed by atoms with Crippen molar-refractivity contribution in [3.63, 3.8) is 0 Å². The van der Waals surface area contributed by atoms with E-state index in [9.17, 15) is 9.90 Å².